The summed E-state index contributed by atoms with van der Waals surface area (Å²) in [6, 6.07) is 7.34. The topological polar surface area (TPSA) is 41.1 Å². The van der Waals surface area contributed by atoms with E-state index in [1.165, 1.54) is 11.9 Å². The summed E-state index contributed by atoms with van der Waals surface area (Å²) in [5, 5.41) is 3.52. The van der Waals surface area contributed by atoms with Crippen molar-refractivity contribution >= 4 is 29.5 Å². The maximum Gasteiger partial charge on any atom is 0.242 e. The van der Waals surface area contributed by atoms with Crippen molar-refractivity contribution in [1.29, 1.82) is 0 Å². The summed E-state index contributed by atoms with van der Waals surface area (Å²) in [5.41, 5.74) is 0.806. The Morgan fingerprint density at radius 2 is 2.11 bits per heavy atom. The molecular formula is C13H15ClN2OS. The normalized spacial score (nSPS) is 20.4. The molecule has 0 aliphatic carbocycles. The Bertz CT molecular complexity index is 447. The van der Waals surface area contributed by atoms with Crippen LogP contribution in [0.5, 0.6) is 0 Å². The van der Waals surface area contributed by atoms with Gasteiger partial charge >= 0.3 is 0 Å². The van der Waals surface area contributed by atoms with Crippen molar-refractivity contribution in [3.63, 3.8) is 0 Å². The first-order valence-corrected chi connectivity index (χ1v) is 7.01. The van der Waals surface area contributed by atoms with Crippen molar-refractivity contribution in [1.82, 2.24) is 10.0 Å². The number of amides is 1. The van der Waals surface area contributed by atoms with Gasteiger partial charge < -0.3 is 5.32 Å². The second-order valence-electron chi connectivity index (χ2n) is 4.21. The van der Waals surface area contributed by atoms with Gasteiger partial charge in [-0.05, 0) is 55.5 Å². The number of nitrogens with one attached hydrogen (secondary N) is 2. The minimum atomic E-state index is -0.176. The van der Waals surface area contributed by atoms with E-state index in [2.05, 4.69) is 16.6 Å². The van der Waals surface area contributed by atoms with Gasteiger partial charge in [-0.15, -0.1) is 0 Å². The third kappa shape index (κ3) is 3.77. The molecule has 96 valence electrons. The minimum Gasteiger partial charge on any atom is -0.329 e. The number of allylic oxidation sites excluding steroid dienone is 1. The molecule has 2 rings (SSSR count). The molecule has 1 aromatic rings. The molecule has 0 aromatic heterocycles. The van der Waals surface area contributed by atoms with Gasteiger partial charge in [0.05, 0.1) is 6.04 Å². The fourth-order valence-corrected chi connectivity index (χ4v) is 2.63. The lowest BCUT2D eigenvalue weighted by Gasteiger charge is -2.14. The van der Waals surface area contributed by atoms with E-state index in [0.29, 0.717) is 5.02 Å². The summed E-state index contributed by atoms with van der Waals surface area (Å²) in [4.78, 5) is 12.9. The number of carbonyl (C=O) groups is 1. The SMILES string of the molecule is C=C1CCCC(NSc2ccc(Cl)cc2)C(=O)N1. The van der Waals surface area contributed by atoms with Gasteiger partial charge in [0.25, 0.3) is 0 Å². The van der Waals surface area contributed by atoms with Gasteiger partial charge in [-0.2, -0.15) is 0 Å². The van der Waals surface area contributed by atoms with Crippen LogP contribution in [-0.2, 0) is 4.79 Å². The maximum absolute atomic E-state index is 11.8. The first kappa shape index (κ1) is 13.5. The van der Waals surface area contributed by atoms with Crippen LogP contribution >= 0.6 is 23.5 Å². The molecule has 1 fully saturated rings. The number of halogens is 1. The van der Waals surface area contributed by atoms with Gasteiger partial charge in [-0.25, -0.2) is 4.72 Å². The molecule has 1 unspecified atom stereocenters. The van der Waals surface area contributed by atoms with Crippen LogP contribution in [-0.4, -0.2) is 11.9 Å². The zero-order chi connectivity index (χ0) is 13.0. The van der Waals surface area contributed by atoms with Crippen LogP contribution < -0.4 is 10.0 Å². The Kier molecular flexibility index (Phi) is 4.69. The van der Waals surface area contributed by atoms with Crippen LogP contribution in [0, 0.1) is 0 Å². The second kappa shape index (κ2) is 6.27. The highest BCUT2D eigenvalue weighted by atomic mass is 35.5. The van der Waals surface area contributed by atoms with Crippen molar-refractivity contribution < 1.29 is 4.79 Å². The number of rotatable bonds is 3. The average Bonchev–Trinajstić information content (AvgIpc) is 2.50. The molecule has 2 N–H and O–H groups in total. The van der Waals surface area contributed by atoms with Crippen LogP contribution in [0.2, 0.25) is 5.02 Å². The van der Waals surface area contributed by atoms with Gasteiger partial charge in [0.15, 0.2) is 0 Å². The third-order valence-corrected chi connectivity index (χ3v) is 3.88. The lowest BCUT2D eigenvalue weighted by Crippen LogP contribution is -2.39. The molecule has 1 amide bonds. The zero-order valence-electron chi connectivity index (χ0n) is 9.91. The van der Waals surface area contributed by atoms with Crippen LogP contribution in [0.15, 0.2) is 41.4 Å². The van der Waals surface area contributed by atoms with Crippen LogP contribution in [0.25, 0.3) is 0 Å². The fraction of sp³-hybridized carbons (Fsp3) is 0.308. The highest BCUT2D eigenvalue weighted by Gasteiger charge is 2.21. The second-order valence-corrected chi connectivity index (χ2v) is 5.56. The Morgan fingerprint density at radius 1 is 1.39 bits per heavy atom. The van der Waals surface area contributed by atoms with Crippen LogP contribution in [0.4, 0.5) is 0 Å². The standard InChI is InChI=1S/C13H15ClN2OS/c1-9-3-2-4-12(13(17)15-9)16-18-11-7-5-10(14)6-8-11/h5-8,12,16H,1-4H2,(H,15,17). The Hall–Kier alpha value is -0.970. The lowest BCUT2D eigenvalue weighted by atomic mass is 10.1. The molecule has 18 heavy (non-hydrogen) atoms. The predicted molar refractivity (Wildman–Crippen MR) is 75.4 cm³/mol. The summed E-state index contributed by atoms with van der Waals surface area (Å²) in [7, 11) is 0. The maximum atomic E-state index is 11.8. The largest absolute Gasteiger partial charge is 0.329 e. The lowest BCUT2D eigenvalue weighted by molar-refractivity contribution is -0.121. The molecule has 0 radical (unpaired) electrons. The summed E-state index contributed by atoms with van der Waals surface area (Å²) in [6.45, 7) is 3.81. The molecule has 0 spiro atoms. The number of hydrogen-bond donors (Lipinski definition) is 2. The molecule has 1 atom stereocenters. The zero-order valence-corrected chi connectivity index (χ0v) is 11.5. The minimum absolute atomic E-state index is 0.000960. The van der Waals surface area contributed by atoms with Crippen molar-refractivity contribution in [3.8, 4) is 0 Å². The first-order chi connectivity index (χ1) is 8.65. The van der Waals surface area contributed by atoms with Gasteiger partial charge in [0, 0.05) is 15.6 Å². The van der Waals surface area contributed by atoms with Gasteiger partial charge in [-0.3, -0.25) is 4.79 Å². The van der Waals surface area contributed by atoms with Crippen LogP contribution in [0.3, 0.4) is 0 Å². The molecule has 1 saturated heterocycles. The average molecular weight is 283 g/mol. The van der Waals surface area contributed by atoms with Gasteiger partial charge in [0.1, 0.15) is 0 Å². The molecule has 1 heterocycles. The van der Waals surface area contributed by atoms with Crippen molar-refractivity contribution in [3.05, 3.63) is 41.6 Å². The van der Waals surface area contributed by atoms with E-state index in [1.807, 2.05) is 24.3 Å². The molecule has 1 aliphatic heterocycles. The molecule has 0 bridgehead atoms. The number of carbonyl (C=O) groups excluding carboxylic acids is 1. The molecule has 3 nitrogen and oxygen atoms in total. The summed E-state index contributed by atoms with van der Waals surface area (Å²) in [5.74, 6) is -0.000960. The van der Waals surface area contributed by atoms with E-state index in [9.17, 15) is 4.79 Å². The van der Waals surface area contributed by atoms with E-state index in [4.69, 9.17) is 11.6 Å². The van der Waals surface area contributed by atoms with Gasteiger partial charge in [0.2, 0.25) is 5.91 Å². The highest BCUT2D eigenvalue weighted by Crippen LogP contribution is 2.20. The highest BCUT2D eigenvalue weighted by molar-refractivity contribution is 7.97. The van der Waals surface area contributed by atoms with Gasteiger partial charge in [-0.1, -0.05) is 18.2 Å². The van der Waals surface area contributed by atoms with Crippen molar-refractivity contribution in [2.75, 3.05) is 0 Å². The summed E-state index contributed by atoms with van der Waals surface area (Å²) in [6.07, 6.45) is 2.65. The smallest absolute Gasteiger partial charge is 0.242 e. The monoisotopic (exact) mass is 282 g/mol. The number of benzene rings is 1. The van der Waals surface area contributed by atoms with Crippen LogP contribution in [0.1, 0.15) is 19.3 Å². The van der Waals surface area contributed by atoms with E-state index < -0.39 is 0 Å². The predicted octanol–water partition coefficient (Wildman–Crippen LogP) is 3.12. The Morgan fingerprint density at radius 3 is 2.83 bits per heavy atom. The van der Waals surface area contributed by atoms with Crippen molar-refractivity contribution in [2.24, 2.45) is 0 Å². The van der Waals surface area contributed by atoms with E-state index >= 15 is 0 Å². The molecular weight excluding hydrogens is 268 g/mol. The number of hydrogen-bond acceptors (Lipinski definition) is 3. The Labute approximate surface area is 116 Å². The molecule has 5 heteroatoms. The first-order valence-electron chi connectivity index (χ1n) is 5.82. The van der Waals surface area contributed by atoms with E-state index in [1.54, 1.807) is 0 Å². The summed E-state index contributed by atoms with van der Waals surface area (Å²) >= 11 is 7.27. The van der Waals surface area contributed by atoms with Crippen molar-refractivity contribution in [2.45, 2.75) is 30.2 Å². The Balaban J connectivity index is 1.90. The third-order valence-electron chi connectivity index (χ3n) is 2.72. The molecule has 0 saturated carbocycles. The molecule has 1 aliphatic rings. The summed E-state index contributed by atoms with van der Waals surface area (Å²) < 4.78 is 3.19. The molecule has 1 aromatic carbocycles. The quantitative estimate of drug-likeness (QED) is 0.837. The fourth-order valence-electron chi connectivity index (χ4n) is 1.73. The van der Waals surface area contributed by atoms with E-state index in [0.717, 1.165) is 29.9 Å². The van der Waals surface area contributed by atoms with E-state index in [-0.39, 0.29) is 11.9 Å².